The molecule has 3 heterocycles. The lowest BCUT2D eigenvalue weighted by Gasteiger charge is -2.35. The van der Waals surface area contributed by atoms with E-state index in [0.29, 0.717) is 43.8 Å². The van der Waals surface area contributed by atoms with Crippen molar-refractivity contribution in [2.75, 3.05) is 37.5 Å². The average molecular weight is 537 g/mol. The summed E-state index contributed by atoms with van der Waals surface area (Å²) in [5, 5.41) is 12.2. The standard InChI is InChI=1S/C27H32N6O6/c1-17(15-38-16-35)32(2)13-19-9-18-5-4-8-33(26(18)30-21(19)14-34)27(36)31-25-10-24(20(11-28)12-29-25)39-23-7-6-22(23)37-3/h9-10,12,14,16-17,22-23H,4-8,13,15H2,1-3H3,(H,29,31,36)/t17?,22-,23?/m0/s1. The van der Waals surface area contributed by atoms with Gasteiger partial charge in [-0.05, 0) is 56.8 Å². The summed E-state index contributed by atoms with van der Waals surface area (Å²) < 4.78 is 16.2. The molecule has 0 radical (unpaired) electrons. The van der Waals surface area contributed by atoms with Crippen molar-refractivity contribution in [2.24, 2.45) is 0 Å². The summed E-state index contributed by atoms with van der Waals surface area (Å²) in [7, 11) is 3.49. The van der Waals surface area contributed by atoms with E-state index in [1.165, 1.54) is 17.2 Å². The zero-order valence-corrected chi connectivity index (χ0v) is 22.3. The van der Waals surface area contributed by atoms with Crippen LogP contribution < -0.4 is 15.0 Å². The fraction of sp³-hybridized carbons (Fsp3) is 0.481. The van der Waals surface area contributed by atoms with Gasteiger partial charge in [-0.3, -0.25) is 24.7 Å². The molecule has 1 fully saturated rings. The number of carbonyl (C=O) groups excluding carboxylic acids is 3. The zero-order chi connectivity index (χ0) is 27.9. The number of ether oxygens (including phenoxy) is 3. The second-order valence-corrected chi connectivity index (χ2v) is 9.70. The van der Waals surface area contributed by atoms with E-state index in [2.05, 4.69) is 21.4 Å². The van der Waals surface area contributed by atoms with Crippen molar-refractivity contribution < 1.29 is 28.6 Å². The molecule has 1 aliphatic carbocycles. The topological polar surface area (TPSA) is 147 Å². The molecular weight excluding hydrogens is 504 g/mol. The van der Waals surface area contributed by atoms with Crippen molar-refractivity contribution in [1.29, 1.82) is 5.26 Å². The third-order valence-corrected chi connectivity index (χ3v) is 7.16. The highest BCUT2D eigenvalue weighted by Crippen LogP contribution is 2.32. The third-order valence-electron chi connectivity index (χ3n) is 7.16. The Bertz CT molecular complexity index is 1260. The van der Waals surface area contributed by atoms with Crippen molar-refractivity contribution in [3.05, 3.63) is 40.7 Å². The Morgan fingerprint density at radius 1 is 1.33 bits per heavy atom. The number of aryl methyl sites for hydroxylation is 1. The molecule has 12 heteroatoms. The number of urea groups is 1. The van der Waals surface area contributed by atoms with E-state index in [-0.39, 0.29) is 41.9 Å². The molecule has 2 aromatic rings. The minimum absolute atomic E-state index is 0.0386. The fourth-order valence-electron chi connectivity index (χ4n) is 4.58. The highest BCUT2D eigenvalue weighted by molar-refractivity contribution is 6.01. The summed E-state index contributed by atoms with van der Waals surface area (Å²) in [6.45, 7) is 3.39. The van der Waals surface area contributed by atoms with E-state index in [9.17, 15) is 19.6 Å². The normalized spacial score (nSPS) is 18.8. The Morgan fingerprint density at radius 3 is 2.79 bits per heavy atom. The summed E-state index contributed by atoms with van der Waals surface area (Å²) >= 11 is 0. The molecule has 1 aliphatic heterocycles. The van der Waals surface area contributed by atoms with Gasteiger partial charge in [-0.25, -0.2) is 14.8 Å². The summed E-state index contributed by atoms with van der Waals surface area (Å²) in [6, 6.07) is 4.99. The summed E-state index contributed by atoms with van der Waals surface area (Å²) in [5.74, 6) is 0.985. The number of fused-ring (bicyclic) bond motifs is 1. The average Bonchev–Trinajstić information content (AvgIpc) is 2.93. The molecule has 0 saturated heterocycles. The number of aldehydes is 1. The number of likely N-dealkylation sites (N-methyl/N-ethyl adjacent to an activating group) is 1. The number of nitriles is 1. The zero-order valence-electron chi connectivity index (χ0n) is 22.3. The van der Waals surface area contributed by atoms with Crippen LogP contribution in [-0.4, -0.2) is 79.2 Å². The molecule has 206 valence electrons. The number of nitrogens with one attached hydrogen (secondary N) is 1. The lowest BCUT2D eigenvalue weighted by atomic mass is 9.92. The molecule has 0 bridgehead atoms. The highest BCUT2D eigenvalue weighted by Gasteiger charge is 2.33. The number of amides is 2. The molecule has 1 N–H and O–H groups in total. The first-order valence-corrected chi connectivity index (χ1v) is 12.8. The van der Waals surface area contributed by atoms with Crippen molar-refractivity contribution >= 4 is 30.4 Å². The molecule has 2 unspecified atom stereocenters. The number of carbonyl (C=O) groups is 3. The van der Waals surface area contributed by atoms with E-state index in [1.54, 1.807) is 7.11 Å². The largest absolute Gasteiger partial charge is 0.486 e. The Balaban J connectivity index is 1.51. The SMILES string of the molecule is CO[C@H]1CCC1Oc1cc(NC(=O)N2CCCc3cc(CN(C)C(C)COC=O)c(C=O)nc32)ncc1C#N. The number of nitrogens with zero attached hydrogens (tertiary/aromatic N) is 5. The smallest absolute Gasteiger partial charge is 0.328 e. The fourth-order valence-corrected chi connectivity index (χ4v) is 4.58. The number of aromatic nitrogens is 2. The Hall–Kier alpha value is -4.08. The molecule has 2 aromatic heterocycles. The van der Waals surface area contributed by atoms with E-state index >= 15 is 0 Å². The monoisotopic (exact) mass is 536 g/mol. The van der Waals surface area contributed by atoms with Gasteiger partial charge >= 0.3 is 6.03 Å². The lowest BCUT2D eigenvalue weighted by Crippen LogP contribution is -2.42. The Kier molecular flexibility index (Phi) is 9.06. The number of hydrogen-bond acceptors (Lipinski definition) is 10. The van der Waals surface area contributed by atoms with Crippen LogP contribution in [0.15, 0.2) is 18.3 Å². The maximum atomic E-state index is 13.3. The van der Waals surface area contributed by atoms with Gasteiger partial charge in [0.25, 0.3) is 6.47 Å². The summed E-state index contributed by atoms with van der Waals surface area (Å²) in [6.07, 6.45) is 4.96. The van der Waals surface area contributed by atoms with Crippen molar-refractivity contribution in [3.8, 4) is 11.8 Å². The van der Waals surface area contributed by atoms with Gasteiger partial charge in [0.1, 0.15) is 47.4 Å². The maximum absolute atomic E-state index is 13.3. The number of methoxy groups -OCH3 is 1. The molecule has 1 saturated carbocycles. The van der Waals surface area contributed by atoms with Crippen LogP contribution in [0.5, 0.6) is 5.75 Å². The second kappa shape index (κ2) is 12.6. The van der Waals surface area contributed by atoms with E-state index in [4.69, 9.17) is 14.2 Å². The van der Waals surface area contributed by atoms with Gasteiger partial charge in [0.05, 0.1) is 12.3 Å². The first-order chi connectivity index (χ1) is 18.9. The van der Waals surface area contributed by atoms with Crippen LogP contribution in [0.4, 0.5) is 16.4 Å². The lowest BCUT2D eigenvalue weighted by molar-refractivity contribution is -0.130. The first-order valence-electron chi connectivity index (χ1n) is 12.8. The van der Waals surface area contributed by atoms with Crippen LogP contribution in [0.25, 0.3) is 0 Å². The van der Waals surface area contributed by atoms with Gasteiger partial charge in [0.15, 0.2) is 6.29 Å². The number of rotatable bonds is 11. The van der Waals surface area contributed by atoms with Gasteiger partial charge in [0.2, 0.25) is 0 Å². The van der Waals surface area contributed by atoms with Crippen molar-refractivity contribution in [2.45, 2.75) is 57.4 Å². The summed E-state index contributed by atoms with van der Waals surface area (Å²) in [5.41, 5.74) is 2.09. The Morgan fingerprint density at radius 2 is 2.13 bits per heavy atom. The van der Waals surface area contributed by atoms with Gasteiger partial charge in [-0.1, -0.05) is 0 Å². The molecule has 0 aromatic carbocycles. The van der Waals surface area contributed by atoms with Crippen LogP contribution in [0.3, 0.4) is 0 Å². The molecular formula is C27H32N6O6. The first kappa shape index (κ1) is 27.9. The Labute approximate surface area is 226 Å². The summed E-state index contributed by atoms with van der Waals surface area (Å²) in [4.78, 5) is 48.0. The van der Waals surface area contributed by atoms with Gasteiger partial charge in [0, 0.05) is 32.3 Å². The molecule has 39 heavy (non-hydrogen) atoms. The molecule has 12 nitrogen and oxygen atoms in total. The minimum atomic E-state index is -0.452. The quantitative estimate of drug-likeness (QED) is 0.425. The van der Waals surface area contributed by atoms with Gasteiger partial charge < -0.3 is 14.2 Å². The van der Waals surface area contributed by atoms with Crippen molar-refractivity contribution in [1.82, 2.24) is 14.9 Å². The van der Waals surface area contributed by atoms with E-state index in [1.807, 2.05) is 24.9 Å². The molecule has 2 aliphatic rings. The molecule has 2 amide bonds. The predicted octanol–water partition coefficient (Wildman–Crippen LogP) is 2.69. The van der Waals surface area contributed by atoms with Gasteiger partial charge in [-0.15, -0.1) is 0 Å². The van der Waals surface area contributed by atoms with Crippen LogP contribution >= 0.6 is 0 Å². The van der Waals surface area contributed by atoms with Crippen LogP contribution in [0.1, 0.15) is 53.4 Å². The second-order valence-electron chi connectivity index (χ2n) is 9.70. The van der Waals surface area contributed by atoms with Crippen LogP contribution in [0.2, 0.25) is 0 Å². The molecule has 0 spiro atoms. The van der Waals surface area contributed by atoms with Gasteiger partial charge in [-0.2, -0.15) is 5.26 Å². The maximum Gasteiger partial charge on any atom is 0.328 e. The van der Waals surface area contributed by atoms with Crippen molar-refractivity contribution in [3.63, 3.8) is 0 Å². The molecule has 4 rings (SSSR count). The van der Waals surface area contributed by atoms with E-state index in [0.717, 1.165) is 30.4 Å². The molecule has 3 atom stereocenters. The predicted molar refractivity (Wildman–Crippen MR) is 141 cm³/mol. The van der Waals surface area contributed by atoms with Crippen LogP contribution in [-0.2, 0) is 27.2 Å². The number of anilines is 2. The van der Waals surface area contributed by atoms with E-state index < -0.39 is 6.03 Å². The highest BCUT2D eigenvalue weighted by atomic mass is 16.5. The number of hydrogen-bond donors (Lipinski definition) is 1. The third kappa shape index (κ3) is 6.32. The number of pyridine rings is 2. The van der Waals surface area contributed by atoms with Crippen LogP contribution in [0, 0.1) is 11.3 Å². The minimum Gasteiger partial charge on any atom is -0.486 e.